The largest absolute Gasteiger partial charge is 0.295 e. The van der Waals surface area contributed by atoms with E-state index in [4.69, 9.17) is 17.4 Å². The predicted octanol–water partition coefficient (Wildman–Crippen LogP) is 2.25. The summed E-state index contributed by atoms with van der Waals surface area (Å²) in [4.78, 5) is 15.4. The van der Waals surface area contributed by atoms with Gasteiger partial charge in [-0.2, -0.15) is 8.42 Å². The Labute approximate surface area is 143 Å². The number of aliphatic imine (C=N–C) groups is 1. The number of nitrogen functional groups attached to an aromatic ring is 1. The van der Waals surface area contributed by atoms with E-state index >= 15 is 0 Å². The predicted molar refractivity (Wildman–Crippen MR) is 91.4 cm³/mol. The van der Waals surface area contributed by atoms with Crippen molar-refractivity contribution < 1.29 is 17.8 Å². The maximum Gasteiger partial charge on any atom is 0.295 e. The van der Waals surface area contributed by atoms with Crippen LogP contribution in [0.5, 0.6) is 0 Å². The fourth-order valence-corrected chi connectivity index (χ4v) is 2.93. The quantitative estimate of drug-likeness (QED) is 0.251. The smallest absolute Gasteiger partial charge is 0.290 e. The minimum Gasteiger partial charge on any atom is -0.290 e. The van der Waals surface area contributed by atoms with Gasteiger partial charge < -0.3 is 0 Å². The summed E-state index contributed by atoms with van der Waals surface area (Å²) in [5.41, 5.74) is 3.33. The summed E-state index contributed by atoms with van der Waals surface area (Å²) in [5.74, 6) is 4.50. The van der Waals surface area contributed by atoms with Gasteiger partial charge >= 0.3 is 0 Å². The Bertz CT molecular complexity index is 926. The van der Waals surface area contributed by atoms with Crippen LogP contribution in [0.2, 0.25) is 5.02 Å². The summed E-state index contributed by atoms with van der Waals surface area (Å²) in [5, 5.41) is 0.0674. The molecule has 0 unspecified atom stereocenters. The van der Waals surface area contributed by atoms with Gasteiger partial charge in [-0.15, -0.1) is 0 Å². The Morgan fingerprint density at radius 3 is 2.67 bits per heavy atom. The van der Waals surface area contributed by atoms with Crippen LogP contribution in [0.4, 0.5) is 5.69 Å². The van der Waals surface area contributed by atoms with Crippen LogP contribution < -0.4 is 11.3 Å². The van der Waals surface area contributed by atoms with E-state index in [1.165, 1.54) is 18.3 Å². The first-order valence-electron chi connectivity index (χ1n) is 6.65. The van der Waals surface area contributed by atoms with Crippen molar-refractivity contribution in [3.63, 3.8) is 0 Å². The fraction of sp³-hybridized carbons (Fsp3) is 0.0667. The molecule has 0 aliphatic heterocycles. The molecule has 24 heavy (non-hydrogen) atoms. The monoisotopic (exact) mass is 367 g/mol. The van der Waals surface area contributed by atoms with Gasteiger partial charge in [-0.1, -0.05) is 29.3 Å². The van der Waals surface area contributed by atoms with Gasteiger partial charge in [0.25, 0.3) is 16.0 Å². The van der Waals surface area contributed by atoms with Crippen molar-refractivity contribution in [1.82, 2.24) is 5.43 Å². The SMILES string of the molecule is Cc1ccc(S(=O)(=O)O)c(C=Nc2cccc(C(=O)NN)c2Cl)c1. The topological polar surface area (TPSA) is 122 Å². The van der Waals surface area contributed by atoms with E-state index in [1.54, 1.807) is 31.2 Å². The Kier molecular flexibility index (Phi) is 5.35. The first kappa shape index (κ1) is 18.1. The third-order valence-electron chi connectivity index (χ3n) is 3.14. The first-order valence-corrected chi connectivity index (χ1v) is 8.47. The molecule has 0 aromatic heterocycles. The molecule has 0 saturated heterocycles. The molecule has 0 radical (unpaired) electrons. The van der Waals surface area contributed by atoms with Crippen LogP contribution in [-0.2, 0) is 10.1 Å². The number of hydrogen-bond acceptors (Lipinski definition) is 5. The van der Waals surface area contributed by atoms with Crippen molar-refractivity contribution in [3.8, 4) is 0 Å². The molecule has 2 aromatic rings. The van der Waals surface area contributed by atoms with E-state index in [0.717, 1.165) is 5.56 Å². The molecule has 0 aliphatic rings. The van der Waals surface area contributed by atoms with Crippen LogP contribution in [0.3, 0.4) is 0 Å². The van der Waals surface area contributed by atoms with Crippen LogP contribution in [-0.4, -0.2) is 25.1 Å². The highest BCUT2D eigenvalue weighted by Crippen LogP contribution is 2.28. The molecule has 0 saturated carbocycles. The number of carbonyl (C=O) groups excluding carboxylic acids is 1. The molecular weight excluding hydrogens is 354 g/mol. The number of amides is 1. The molecule has 0 spiro atoms. The summed E-state index contributed by atoms with van der Waals surface area (Å²) in [7, 11) is -4.40. The molecular formula is C15H14ClN3O4S. The fourth-order valence-electron chi connectivity index (χ4n) is 2.02. The van der Waals surface area contributed by atoms with E-state index in [9.17, 15) is 17.8 Å². The van der Waals surface area contributed by atoms with Crippen molar-refractivity contribution in [3.05, 3.63) is 58.1 Å². The lowest BCUT2D eigenvalue weighted by atomic mass is 10.1. The van der Waals surface area contributed by atoms with Gasteiger partial charge in [-0.05, 0) is 31.2 Å². The molecule has 2 aromatic carbocycles. The number of nitrogens with one attached hydrogen (secondary N) is 1. The Morgan fingerprint density at radius 1 is 1.33 bits per heavy atom. The number of hydrogen-bond donors (Lipinski definition) is 3. The Balaban J connectivity index is 2.50. The van der Waals surface area contributed by atoms with E-state index in [1.807, 2.05) is 5.43 Å². The van der Waals surface area contributed by atoms with Gasteiger partial charge in [0.1, 0.15) is 4.90 Å². The minimum atomic E-state index is -4.40. The lowest BCUT2D eigenvalue weighted by Gasteiger charge is -2.06. The zero-order chi connectivity index (χ0) is 17.9. The van der Waals surface area contributed by atoms with Gasteiger partial charge in [0.05, 0.1) is 16.3 Å². The number of halogens is 1. The first-order chi connectivity index (χ1) is 11.2. The second kappa shape index (κ2) is 7.10. The van der Waals surface area contributed by atoms with E-state index in [2.05, 4.69) is 4.99 Å². The highest BCUT2D eigenvalue weighted by molar-refractivity contribution is 7.86. The van der Waals surface area contributed by atoms with Gasteiger partial charge in [0.15, 0.2) is 0 Å². The number of benzene rings is 2. The zero-order valence-corrected chi connectivity index (χ0v) is 14.1. The molecule has 1 amide bonds. The summed E-state index contributed by atoms with van der Waals surface area (Å²) in [6.07, 6.45) is 1.25. The van der Waals surface area contributed by atoms with E-state index < -0.39 is 16.0 Å². The highest BCUT2D eigenvalue weighted by atomic mass is 35.5. The molecule has 0 heterocycles. The molecule has 0 fully saturated rings. The molecule has 2 rings (SSSR count). The summed E-state index contributed by atoms with van der Waals surface area (Å²) >= 11 is 6.11. The molecule has 9 heteroatoms. The Morgan fingerprint density at radius 2 is 2.04 bits per heavy atom. The van der Waals surface area contributed by atoms with Gasteiger partial charge in [-0.25, -0.2) is 5.84 Å². The van der Waals surface area contributed by atoms with Crippen molar-refractivity contribution in [2.45, 2.75) is 11.8 Å². The molecule has 0 bridgehead atoms. The highest BCUT2D eigenvalue weighted by Gasteiger charge is 2.15. The van der Waals surface area contributed by atoms with E-state index in [0.29, 0.717) is 0 Å². The van der Waals surface area contributed by atoms with Gasteiger partial charge in [-0.3, -0.25) is 19.8 Å². The van der Waals surface area contributed by atoms with Crippen molar-refractivity contribution in [1.29, 1.82) is 0 Å². The molecule has 126 valence electrons. The minimum absolute atomic E-state index is 0.0674. The molecule has 0 atom stereocenters. The number of hydrazine groups is 1. The normalized spacial score (nSPS) is 11.7. The summed E-state index contributed by atoms with van der Waals surface area (Å²) in [6, 6.07) is 8.97. The third kappa shape index (κ3) is 3.98. The van der Waals surface area contributed by atoms with Gasteiger partial charge in [0, 0.05) is 11.8 Å². The van der Waals surface area contributed by atoms with Gasteiger partial charge in [0.2, 0.25) is 0 Å². The van der Waals surface area contributed by atoms with Crippen LogP contribution in [0.25, 0.3) is 0 Å². The maximum atomic E-state index is 11.6. The van der Waals surface area contributed by atoms with Crippen molar-refractivity contribution in [2.75, 3.05) is 0 Å². The average Bonchev–Trinajstić information content (AvgIpc) is 2.52. The number of rotatable bonds is 4. The maximum absolute atomic E-state index is 11.6. The summed E-state index contributed by atoms with van der Waals surface area (Å²) in [6.45, 7) is 1.77. The van der Waals surface area contributed by atoms with Crippen molar-refractivity contribution in [2.24, 2.45) is 10.8 Å². The second-order valence-corrected chi connectivity index (χ2v) is 6.65. The average molecular weight is 368 g/mol. The van der Waals surface area contributed by atoms with Crippen LogP contribution in [0.15, 0.2) is 46.3 Å². The number of aryl methyl sites for hydroxylation is 1. The molecule has 4 N–H and O–H groups in total. The summed E-state index contributed by atoms with van der Waals surface area (Å²) < 4.78 is 32.1. The zero-order valence-electron chi connectivity index (χ0n) is 12.5. The van der Waals surface area contributed by atoms with Crippen LogP contribution in [0, 0.1) is 6.92 Å². The lowest BCUT2D eigenvalue weighted by molar-refractivity contribution is 0.0954. The third-order valence-corrected chi connectivity index (χ3v) is 4.46. The number of carbonyl (C=O) groups is 1. The lowest BCUT2D eigenvalue weighted by Crippen LogP contribution is -2.30. The number of nitrogens with zero attached hydrogens (tertiary/aromatic N) is 1. The van der Waals surface area contributed by atoms with Crippen LogP contribution >= 0.6 is 11.6 Å². The second-order valence-electron chi connectivity index (χ2n) is 4.89. The molecule has 7 nitrogen and oxygen atoms in total. The Hall–Kier alpha value is -2.26. The van der Waals surface area contributed by atoms with E-state index in [-0.39, 0.29) is 26.7 Å². The standard InChI is InChI=1S/C15H14ClN3O4S/c1-9-5-6-13(24(21,22)23)10(7-9)8-18-12-4-2-3-11(14(12)16)15(20)19-17/h2-8H,17H2,1H3,(H,19,20)(H,21,22,23). The van der Waals surface area contributed by atoms with Crippen molar-refractivity contribution >= 4 is 39.5 Å². The number of nitrogens with two attached hydrogens (primary N) is 1. The molecule has 0 aliphatic carbocycles. The van der Waals surface area contributed by atoms with Crippen LogP contribution in [0.1, 0.15) is 21.5 Å².